The van der Waals surface area contributed by atoms with Gasteiger partial charge in [-0.2, -0.15) is 0 Å². The van der Waals surface area contributed by atoms with E-state index in [-0.39, 0.29) is 11.6 Å². The van der Waals surface area contributed by atoms with Gasteiger partial charge in [-0.05, 0) is 53.4 Å². The Morgan fingerprint density at radius 2 is 2.37 bits per heavy atom. The minimum absolute atomic E-state index is 0.0629. The number of halogens is 2. The predicted octanol–water partition coefficient (Wildman–Crippen LogP) is 3.26. The maximum absolute atomic E-state index is 6.13. The van der Waals surface area contributed by atoms with Crippen molar-refractivity contribution in [2.45, 2.75) is 31.4 Å². The normalized spacial score (nSPS) is 24.6. The molecule has 3 nitrogen and oxygen atoms in total. The van der Waals surface area contributed by atoms with Crippen LogP contribution >= 0.6 is 27.5 Å². The Labute approximate surface area is 128 Å². The van der Waals surface area contributed by atoms with Crippen LogP contribution in [0.15, 0.2) is 22.7 Å². The van der Waals surface area contributed by atoms with Crippen LogP contribution < -0.4 is 11.1 Å². The molecule has 19 heavy (non-hydrogen) atoms. The molecular formula is C14H20BrClN2O. The van der Waals surface area contributed by atoms with Gasteiger partial charge < -0.3 is 15.8 Å². The van der Waals surface area contributed by atoms with Gasteiger partial charge in [0.1, 0.15) is 0 Å². The van der Waals surface area contributed by atoms with Crippen molar-refractivity contribution in [3.05, 3.63) is 33.3 Å². The standard InChI is InChI=1S/C14H20BrClN2O/c1-14(5-2-6-19-14)9-18-13(8-17)10-3-4-11(15)12(16)7-10/h3-4,7,13,18H,2,5-6,8-9,17H2,1H3. The molecule has 1 fully saturated rings. The van der Waals surface area contributed by atoms with Crippen molar-refractivity contribution >= 4 is 27.5 Å². The van der Waals surface area contributed by atoms with Gasteiger partial charge in [-0.25, -0.2) is 0 Å². The van der Waals surface area contributed by atoms with E-state index in [9.17, 15) is 0 Å². The zero-order valence-corrected chi connectivity index (χ0v) is 13.4. The summed E-state index contributed by atoms with van der Waals surface area (Å²) >= 11 is 9.53. The fraction of sp³-hybridized carbons (Fsp3) is 0.571. The summed E-state index contributed by atoms with van der Waals surface area (Å²) in [6.07, 6.45) is 2.23. The summed E-state index contributed by atoms with van der Waals surface area (Å²) in [7, 11) is 0. The first-order chi connectivity index (χ1) is 9.04. The topological polar surface area (TPSA) is 47.3 Å². The molecule has 1 aliphatic rings. The number of benzene rings is 1. The lowest BCUT2D eigenvalue weighted by molar-refractivity contribution is 0.0189. The van der Waals surface area contributed by atoms with Crippen LogP contribution in [0.25, 0.3) is 0 Å². The molecule has 5 heteroatoms. The van der Waals surface area contributed by atoms with Crippen LogP contribution in [-0.2, 0) is 4.74 Å². The van der Waals surface area contributed by atoms with Crippen molar-refractivity contribution in [1.29, 1.82) is 0 Å². The molecule has 1 aliphatic heterocycles. The Balaban J connectivity index is 2.01. The van der Waals surface area contributed by atoms with Gasteiger partial charge in [0.2, 0.25) is 0 Å². The molecule has 1 saturated heterocycles. The molecule has 1 aromatic carbocycles. The number of nitrogens with two attached hydrogens (primary N) is 1. The molecule has 0 saturated carbocycles. The smallest absolute Gasteiger partial charge is 0.0779 e. The molecule has 0 amide bonds. The molecule has 0 radical (unpaired) electrons. The maximum Gasteiger partial charge on any atom is 0.0779 e. The van der Waals surface area contributed by atoms with E-state index >= 15 is 0 Å². The largest absolute Gasteiger partial charge is 0.374 e. The van der Waals surface area contributed by atoms with Crippen LogP contribution in [0, 0.1) is 0 Å². The second-order valence-corrected chi connectivity index (χ2v) is 6.51. The van der Waals surface area contributed by atoms with Crippen molar-refractivity contribution in [1.82, 2.24) is 5.32 Å². The Morgan fingerprint density at radius 1 is 1.58 bits per heavy atom. The lowest BCUT2D eigenvalue weighted by Gasteiger charge is -2.27. The number of hydrogen-bond acceptors (Lipinski definition) is 3. The van der Waals surface area contributed by atoms with Gasteiger partial charge in [0.15, 0.2) is 0 Å². The average molecular weight is 348 g/mol. The van der Waals surface area contributed by atoms with E-state index < -0.39 is 0 Å². The fourth-order valence-electron chi connectivity index (χ4n) is 2.38. The molecule has 2 rings (SSSR count). The first-order valence-corrected chi connectivity index (χ1v) is 7.73. The van der Waals surface area contributed by atoms with E-state index in [1.807, 2.05) is 18.2 Å². The van der Waals surface area contributed by atoms with E-state index in [0.29, 0.717) is 11.6 Å². The Kier molecular flexibility index (Phi) is 5.26. The monoisotopic (exact) mass is 346 g/mol. The highest BCUT2D eigenvalue weighted by atomic mass is 79.9. The highest BCUT2D eigenvalue weighted by molar-refractivity contribution is 9.10. The zero-order valence-electron chi connectivity index (χ0n) is 11.1. The first kappa shape index (κ1) is 15.3. The van der Waals surface area contributed by atoms with Gasteiger partial charge >= 0.3 is 0 Å². The minimum Gasteiger partial charge on any atom is -0.374 e. The molecule has 106 valence electrons. The zero-order chi connectivity index (χ0) is 13.9. The lowest BCUT2D eigenvalue weighted by Crippen LogP contribution is -2.41. The Hall–Kier alpha value is -0.130. The Bertz CT molecular complexity index is 435. The highest BCUT2D eigenvalue weighted by Gasteiger charge is 2.30. The third kappa shape index (κ3) is 3.92. The van der Waals surface area contributed by atoms with Gasteiger partial charge in [0.25, 0.3) is 0 Å². The predicted molar refractivity (Wildman–Crippen MR) is 82.5 cm³/mol. The van der Waals surface area contributed by atoms with Gasteiger partial charge in [-0.1, -0.05) is 17.7 Å². The van der Waals surface area contributed by atoms with Crippen molar-refractivity contribution < 1.29 is 4.74 Å². The van der Waals surface area contributed by atoms with Crippen LogP contribution in [0.5, 0.6) is 0 Å². The van der Waals surface area contributed by atoms with E-state index in [1.165, 1.54) is 0 Å². The summed E-state index contributed by atoms with van der Waals surface area (Å²) in [4.78, 5) is 0. The van der Waals surface area contributed by atoms with Gasteiger partial charge in [0, 0.05) is 30.2 Å². The molecule has 1 heterocycles. The molecule has 3 N–H and O–H groups in total. The molecule has 2 atom stereocenters. The van der Waals surface area contributed by atoms with Crippen molar-refractivity contribution in [3.8, 4) is 0 Å². The first-order valence-electron chi connectivity index (χ1n) is 6.56. The number of nitrogens with one attached hydrogen (secondary N) is 1. The van der Waals surface area contributed by atoms with Gasteiger partial charge in [0.05, 0.1) is 10.6 Å². The molecule has 0 aromatic heterocycles. The minimum atomic E-state index is -0.0629. The van der Waals surface area contributed by atoms with E-state index in [0.717, 1.165) is 36.0 Å². The Morgan fingerprint density at radius 3 is 2.95 bits per heavy atom. The third-order valence-corrected chi connectivity index (χ3v) is 4.84. The molecule has 2 unspecified atom stereocenters. The summed E-state index contributed by atoms with van der Waals surface area (Å²) in [5.74, 6) is 0. The SMILES string of the molecule is CC1(CNC(CN)c2ccc(Br)c(Cl)c2)CCCO1. The van der Waals surface area contributed by atoms with Crippen LogP contribution in [0.4, 0.5) is 0 Å². The lowest BCUT2D eigenvalue weighted by atomic mass is 10.0. The molecular weight excluding hydrogens is 328 g/mol. The summed E-state index contributed by atoms with van der Waals surface area (Å²) in [6, 6.07) is 6.05. The summed E-state index contributed by atoms with van der Waals surface area (Å²) in [5, 5.41) is 4.20. The summed E-state index contributed by atoms with van der Waals surface area (Å²) in [6.45, 7) is 4.35. The molecule has 0 aliphatic carbocycles. The van der Waals surface area contributed by atoms with Crippen molar-refractivity contribution in [2.75, 3.05) is 19.7 Å². The van der Waals surface area contributed by atoms with Crippen LogP contribution in [0.1, 0.15) is 31.4 Å². The van der Waals surface area contributed by atoms with Gasteiger partial charge in [-0.15, -0.1) is 0 Å². The number of rotatable bonds is 5. The highest BCUT2D eigenvalue weighted by Crippen LogP contribution is 2.27. The van der Waals surface area contributed by atoms with Crippen LogP contribution in [-0.4, -0.2) is 25.3 Å². The quantitative estimate of drug-likeness (QED) is 0.859. The van der Waals surface area contributed by atoms with Crippen LogP contribution in [0.3, 0.4) is 0 Å². The third-order valence-electron chi connectivity index (χ3n) is 3.60. The van der Waals surface area contributed by atoms with Crippen LogP contribution in [0.2, 0.25) is 5.02 Å². The molecule has 0 bridgehead atoms. The number of ether oxygens (including phenoxy) is 1. The van der Waals surface area contributed by atoms with Crippen molar-refractivity contribution in [3.63, 3.8) is 0 Å². The number of hydrogen-bond donors (Lipinski definition) is 2. The summed E-state index contributed by atoms with van der Waals surface area (Å²) < 4.78 is 6.68. The summed E-state index contributed by atoms with van der Waals surface area (Å²) in [5.41, 5.74) is 6.91. The average Bonchev–Trinajstić information content (AvgIpc) is 2.81. The van der Waals surface area contributed by atoms with E-state index in [1.54, 1.807) is 0 Å². The van der Waals surface area contributed by atoms with Gasteiger partial charge in [-0.3, -0.25) is 0 Å². The van der Waals surface area contributed by atoms with E-state index in [4.69, 9.17) is 22.1 Å². The second kappa shape index (κ2) is 6.55. The van der Waals surface area contributed by atoms with E-state index in [2.05, 4.69) is 28.2 Å². The second-order valence-electron chi connectivity index (χ2n) is 5.24. The molecule has 1 aromatic rings. The fourth-order valence-corrected chi connectivity index (χ4v) is 2.82. The maximum atomic E-state index is 6.13. The molecule has 0 spiro atoms. The van der Waals surface area contributed by atoms with Crippen molar-refractivity contribution in [2.24, 2.45) is 5.73 Å².